The van der Waals surface area contributed by atoms with Crippen LogP contribution in [0.15, 0.2) is 70.3 Å². The zero-order chi connectivity index (χ0) is 30.7. The molecule has 0 radical (unpaired) electrons. The van der Waals surface area contributed by atoms with E-state index < -0.39 is 5.41 Å². The van der Waals surface area contributed by atoms with Gasteiger partial charge in [-0.3, -0.25) is 24.3 Å². The highest BCUT2D eigenvalue weighted by molar-refractivity contribution is 6.20. The average Bonchev–Trinajstić information content (AvgIpc) is 3.48. The molecule has 2 amide bonds. The monoisotopic (exact) mass is 585 g/mol. The van der Waals surface area contributed by atoms with Crippen molar-refractivity contribution in [3.8, 4) is 5.75 Å². The van der Waals surface area contributed by atoms with Crippen LogP contribution in [0.1, 0.15) is 38.4 Å². The number of rotatable bonds is 11. The van der Waals surface area contributed by atoms with Gasteiger partial charge in [-0.05, 0) is 70.0 Å². The van der Waals surface area contributed by atoms with Gasteiger partial charge < -0.3 is 23.5 Å². The van der Waals surface area contributed by atoms with Gasteiger partial charge in [-0.25, -0.2) is 0 Å². The fraction of sp³-hybridized carbons (Fsp3) is 0.394. The summed E-state index contributed by atoms with van der Waals surface area (Å²) in [5.74, 6) is 0.169. The Morgan fingerprint density at radius 2 is 1.84 bits per heavy atom. The Labute approximate surface area is 251 Å². The van der Waals surface area contributed by atoms with E-state index in [2.05, 4.69) is 16.0 Å². The first-order chi connectivity index (χ1) is 20.6. The summed E-state index contributed by atoms with van der Waals surface area (Å²) >= 11 is 0. The lowest BCUT2D eigenvalue weighted by molar-refractivity contribution is -0.137. The molecule has 10 heteroatoms. The molecule has 0 saturated heterocycles. The SMILES string of the molecule is CCN1C(=O)C(C)(C)C(=O)N(C)c2cc(OCCCN(CCn3ccc4ccoc4c3=O)Cc3cccnc3C)ccc21. The zero-order valence-electron chi connectivity index (χ0n) is 25.5. The first kappa shape index (κ1) is 30.0. The molecule has 43 heavy (non-hydrogen) atoms. The molecule has 0 spiro atoms. The Kier molecular flexibility index (Phi) is 8.68. The van der Waals surface area contributed by atoms with Crippen molar-refractivity contribution in [3.63, 3.8) is 0 Å². The molecule has 1 aromatic carbocycles. The highest BCUT2D eigenvalue weighted by atomic mass is 16.5. The van der Waals surface area contributed by atoms with Gasteiger partial charge in [-0.1, -0.05) is 6.07 Å². The summed E-state index contributed by atoms with van der Waals surface area (Å²) in [7, 11) is 1.70. The number of hydrogen-bond donors (Lipinski definition) is 0. The third-order valence-corrected chi connectivity index (χ3v) is 8.17. The molecule has 0 atom stereocenters. The lowest BCUT2D eigenvalue weighted by Gasteiger charge is -2.27. The fourth-order valence-electron chi connectivity index (χ4n) is 5.56. The highest BCUT2D eigenvalue weighted by Gasteiger charge is 2.45. The van der Waals surface area contributed by atoms with Crippen LogP contribution in [0.5, 0.6) is 5.75 Å². The number of amides is 2. The van der Waals surface area contributed by atoms with Gasteiger partial charge in [-0.15, -0.1) is 0 Å². The number of hydrogen-bond acceptors (Lipinski definition) is 7. The summed E-state index contributed by atoms with van der Waals surface area (Å²) < 4.78 is 13.2. The normalized spacial score (nSPS) is 14.8. The Hall–Kier alpha value is -4.44. The van der Waals surface area contributed by atoms with Gasteiger partial charge in [0, 0.05) is 69.3 Å². The third kappa shape index (κ3) is 6.06. The van der Waals surface area contributed by atoms with E-state index in [1.54, 1.807) is 47.5 Å². The minimum absolute atomic E-state index is 0.137. The molecular weight excluding hydrogens is 546 g/mol. The van der Waals surface area contributed by atoms with E-state index in [1.807, 2.05) is 50.4 Å². The van der Waals surface area contributed by atoms with E-state index in [1.165, 1.54) is 6.26 Å². The molecule has 0 N–H and O–H groups in total. The van der Waals surface area contributed by atoms with Crippen LogP contribution < -0.4 is 20.1 Å². The van der Waals surface area contributed by atoms with E-state index in [0.29, 0.717) is 55.5 Å². The van der Waals surface area contributed by atoms with Gasteiger partial charge in [0.25, 0.3) is 5.56 Å². The number of nitrogens with zero attached hydrogens (tertiary/aromatic N) is 5. The lowest BCUT2D eigenvalue weighted by Crippen LogP contribution is -2.47. The number of carbonyl (C=O) groups is 2. The molecule has 226 valence electrons. The van der Waals surface area contributed by atoms with Gasteiger partial charge in [0.05, 0.1) is 24.2 Å². The van der Waals surface area contributed by atoms with E-state index in [9.17, 15) is 14.4 Å². The Morgan fingerprint density at radius 3 is 2.60 bits per heavy atom. The molecule has 0 bridgehead atoms. The van der Waals surface area contributed by atoms with Gasteiger partial charge >= 0.3 is 0 Å². The maximum atomic E-state index is 13.2. The van der Waals surface area contributed by atoms with E-state index in [-0.39, 0.29) is 17.4 Å². The summed E-state index contributed by atoms with van der Waals surface area (Å²) in [6, 6.07) is 13.2. The number of pyridine rings is 2. The molecule has 0 unspecified atom stereocenters. The average molecular weight is 586 g/mol. The van der Waals surface area contributed by atoms with E-state index in [0.717, 1.165) is 29.6 Å². The van der Waals surface area contributed by atoms with Gasteiger partial charge in [-0.2, -0.15) is 0 Å². The summed E-state index contributed by atoms with van der Waals surface area (Å²) in [5, 5.41) is 0.798. The molecule has 4 aromatic rings. The first-order valence-corrected chi connectivity index (χ1v) is 14.7. The number of anilines is 2. The van der Waals surface area contributed by atoms with Crippen LogP contribution in [0.3, 0.4) is 0 Å². The zero-order valence-corrected chi connectivity index (χ0v) is 25.5. The van der Waals surface area contributed by atoms with Crippen molar-refractivity contribution >= 4 is 34.2 Å². The number of furan rings is 1. The van der Waals surface area contributed by atoms with Gasteiger partial charge in [0.15, 0.2) is 5.58 Å². The molecule has 10 nitrogen and oxygen atoms in total. The predicted molar refractivity (Wildman–Crippen MR) is 166 cm³/mol. The molecular formula is C33H39N5O5. The molecule has 3 aromatic heterocycles. The minimum Gasteiger partial charge on any atom is -0.493 e. The third-order valence-electron chi connectivity index (χ3n) is 8.17. The van der Waals surface area contributed by atoms with Crippen molar-refractivity contribution in [2.75, 3.05) is 43.1 Å². The van der Waals surface area contributed by atoms with Crippen molar-refractivity contribution in [1.29, 1.82) is 0 Å². The Bertz CT molecular complexity index is 1690. The predicted octanol–water partition coefficient (Wildman–Crippen LogP) is 4.62. The molecule has 5 rings (SSSR count). The summed E-state index contributed by atoms with van der Waals surface area (Å²) in [5.41, 5.74) is 2.53. The second-order valence-electron chi connectivity index (χ2n) is 11.4. The van der Waals surface area contributed by atoms with Crippen molar-refractivity contribution in [2.24, 2.45) is 5.41 Å². The Morgan fingerprint density at radius 1 is 1.02 bits per heavy atom. The summed E-state index contributed by atoms with van der Waals surface area (Å²) in [6.07, 6.45) is 5.88. The molecule has 1 aliphatic heterocycles. The molecule has 0 aliphatic carbocycles. The standard InChI is InChI=1S/C33H39N5O5/c1-6-38-27-11-10-26(21-28(27)35(5)31(40)33(3,4)32(38)41)42-19-8-15-36(22-25-9-7-14-34-23(25)2)17-18-37-16-12-24-13-20-43-29(24)30(37)39/h7,9-14,16,20-21H,6,8,15,17-19,22H2,1-5H3. The maximum absolute atomic E-state index is 13.2. The molecule has 4 heterocycles. The highest BCUT2D eigenvalue weighted by Crippen LogP contribution is 2.40. The number of ether oxygens (including phenoxy) is 1. The van der Waals surface area contributed by atoms with E-state index in [4.69, 9.17) is 9.15 Å². The number of aromatic nitrogens is 2. The van der Waals surface area contributed by atoms with Crippen LogP contribution in [-0.2, 0) is 22.7 Å². The second kappa shape index (κ2) is 12.4. The van der Waals surface area contributed by atoms with Crippen LogP contribution in [0, 0.1) is 12.3 Å². The summed E-state index contributed by atoms with van der Waals surface area (Å²) in [4.78, 5) is 49.1. The van der Waals surface area contributed by atoms with Gasteiger partial charge in [0.2, 0.25) is 11.8 Å². The molecule has 0 fully saturated rings. The number of aryl methyl sites for hydroxylation is 1. The van der Waals surface area contributed by atoms with E-state index >= 15 is 0 Å². The van der Waals surface area contributed by atoms with Crippen molar-refractivity contribution in [1.82, 2.24) is 14.5 Å². The largest absolute Gasteiger partial charge is 0.493 e. The van der Waals surface area contributed by atoms with Crippen LogP contribution in [0.2, 0.25) is 0 Å². The van der Waals surface area contributed by atoms with Crippen molar-refractivity contribution in [2.45, 2.75) is 47.2 Å². The maximum Gasteiger partial charge on any atom is 0.294 e. The van der Waals surface area contributed by atoms with Crippen LogP contribution >= 0.6 is 0 Å². The Balaban J connectivity index is 1.26. The smallest absolute Gasteiger partial charge is 0.294 e. The minimum atomic E-state index is -1.16. The molecule has 0 saturated carbocycles. The quantitative estimate of drug-likeness (QED) is 0.187. The van der Waals surface area contributed by atoms with Crippen LogP contribution in [0.25, 0.3) is 11.0 Å². The topological polar surface area (TPSA) is 101 Å². The van der Waals surface area contributed by atoms with Crippen molar-refractivity contribution < 1.29 is 18.7 Å². The number of carbonyl (C=O) groups excluding carboxylic acids is 2. The summed E-state index contributed by atoms with van der Waals surface area (Å²) in [6.45, 7) is 10.8. The van der Waals surface area contributed by atoms with Crippen molar-refractivity contribution in [3.05, 3.63) is 82.7 Å². The fourth-order valence-corrected chi connectivity index (χ4v) is 5.56. The van der Waals surface area contributed by atoms with Crippen LogP contribution in [-0.4, -0.2) is 59.6 Å². The first-order valence-electron chi connectivity index (χ1n) is 14.7. The number of fused-ring (bicyclic) bond motifs is 2. The molecule has 1 aliphatic rings. The second-order valence-corrected chi connectivity index (χ2v) is 11.4. The van der Waals surface area contributed by atoms with Gasteiger partial charge in [0.1, 0.15) is 11.2 Å². The number of benzene rings is 1. The lowest BCUT2D eigenvalue weighted by atomic mass is 9.90. The van der Waals surface area contributed by atoms with Crippen LogP contribution in [0.4, 0.5) is 11.4 Å².